The van der Waals surface area contributed by atoms with Crippen LogP contribution in [0.4, 0.5) is 4.39 Å². The molecule has 190 valence electrons. The van der Waals surface area contributed by atoms with Crippen LogP contribution in [-0.2, 0) is 14.8 Å². The molecule has 9 heteroatoms. The van der Waals surface area contributed by atoms with Crippen LogP contribution >= 0.6 is 0 Å². The van der Waals surface area contributed by atoms with Crippen LogP contribution in [0, 0.1) is 18.2 Å². The fourth-order valence-electron chi connectivity index (χ4n) is 4.81. The summed E-state index contributed by atoms with van der Waals surface area (Å²) in [5, 5.41) is 0. The molecule has 2 saturated heterocycles. The van der Waals surface area contributed by atoms with E-state index in [1.54, 1.807) is 37.3 Å². The number of nitrogens with zero attached hydrogens (tertiary/aromatic N) is 3. The third-order valence-corrected chi connectivity index (χ3v) is 9.29. The minimum atomic E-state index is -3.62. The number of aryl methyl sites for hydroxylation is 1. The van der Waals surface area contributed by atoms with Gasteiger partial charge in [0.15, 0.2) is 0 Å². The molecule has 0 radical (unpaired) electrons. The number of ether oxygens (including phenoxy) is 1. The van der Waals surface area contributed by atoms with Crippen LogP contribution in [0.5, 0.6) is 5.75 Å². The van der Waals surface area contributed by atoms with Crippen LogP contribution in [-0.4, -0.2) is 81.4 Å². The van der Waals surface area contributed by atoms with Gasteiger partial charge in [0.2, 0.25) is 15.9 Å². The van der Waals surface area contributed by atoms with Gasteiger partial charge in [0, 0.05) is 51.1 Å². The van der Waals surface area contributed by atoms with Crippen molar-refractivity contribution >= 4 is 15.9 Å². The van der Waals surface area contributed by atoms with E-state index in [-0.39, 0.29) is 18.3 Å². The standard InChI is InChI=1S/C26H34FN3O4S/c1-21-5-3-4-6-24(21)35(32,33)30-13-11-26(12-14-30,20-34-23-9-7-22(27)8-10-23)19-25(31)29-17-15-28(2)16-18-29/h3-10H,11-20H2,1-2H3. The van der Waals surface area contributed by atoms with Crippen LogP contribution < -0.4 is 4.74 Å². The number of hydrogen-bond acceptors (Lipinski definition) is 5. The van der Waals surface area contributed by atoms with Gasteiger partial charge in [-0.05, 0) is 62.7 Å². The Kier molecular flexibility index (Phi) is 7.78. The predicted molar refractivity (Wildman–Crippen MR) is 132 cm³/mol. The number of benzene rings is 2. The number of hydrogen-bond donors (Lipinski definition) is 0. The molecule has 0 aliphatic carbocycles. The first-order valence-corrected chi connectivity index (χ1v) is 13.5. The van der Waals surface area contributed by atoms with Crippen molar-refractivity contribution in [2.45, 2.75) is 31.1 Å². The molecule has 35 heavy (non-hydrogen) atoms. The van der Waals surface area contributed by atoms with Gasteiger partial charge in [0.25, 0.3) is 0 Å². The molecule has 2 heterocycles. The van der Waals surface area contributed by atoms with Crippen molar-refractivity contribution in [1.82, 2.24) is 14.1 Å². The number of sulfonamides is 1. The molecule has 0 atom stereocenters. The minimum absolute atomic E-state index is 0.0796. The van der Waals surface area contributed by atoms with Crippen LogP contribution in [0.15, 0.2) is 53.4 Å². The van der Waals surface area contributed by atoms with Gasteiger partial charge >= 0.3 is 0 Å². The molecular formula is C26H34FN3O4S. The van der Waals surface area contributed by atoms with E-state index in [1.165, 1.54) is 16.4 Å². The number of piperazine rings is 1. The van der Waals surface area contributed by atoms with Gasteiger partial charge in [-0.3, -0.25) is 4.79 Å². The lowest BCUT2D eigenvalue weighted by Gasteiger charge is -2.42. The summed E-state index contributed by atoms with van der Waals surface area (Å²) in [5.41, 5.74) is 0.223. The summed E-state index contributed by atoms with van der Waals surface area (Å²) >= 11 is 0. The lowest BCUT2D eigenvalue weighted by molar-refractivity contribution is -0.136. The summed E-state index contributed by atoms with van der Waals surface area (Å²) in [6.45, 7) is 5.78. The number of carbonyl (C=O) groups is 1. The quantitative estimate of drug-likeness (QED) is 0.581. The van der Waals surface area contributed by atoms with E-state index in [2.05, 4.69) is 4.90 Å². The highest BCUT2D eigenvalue weighted by Crippen LogP contribution is 2.38. The number of halogens is 1. The molecule has 2 fully saturated rings. The Balaban J connectivity index is 1.49. The van der Waals surface area contributed by atoms with Crippen molar-refractivity contribution in [3.63, 3.8) is 0 Å². The molecule has 1 amide bonds. The Hall–Kier alpha value is -2.49. The van der Waals surface area contributed by atoms with E-state index in [1.807, 2.05) is 18.0 Å². The second-order valence-corrected chi connectivity index (χ2v) is 11.7. The highest BCUT2D eigenvalue weighted by atomic mass is 32.2. The van der Waals surface area contributed by atoms with E-state index in [0.717, 1.165) is 13.1 Å². The SMILES string of the molecule is Cc1ccccc1S(=O)(=O)N1CCC(COc2ccc(F)cc2)(CC(=O)N2CCN(C)CC2)CC1. The van der Waals surface area contributed by atoms with Gasteiger partial charge in [-0.2, -0.15) is 4.31 Å². The number of piperidine rings is 1. The lowest BCUT2D eigenvalue weighted by Crippen LogP contribution is -2.51. The first-order valence-electron chi connectivity index (χ1n) is 12.1. The molecule has 0 bridgehead atoms. The zero-order valence-electron chi connectivity index (χ0n) is 20.5. The highest BCUT2D eigenvalue weighted by Gasteiger charge is 2.42. The summed E-state index contributed by atoms with van der Waals surface area (Å²) < 4.78 is 47.5. The fraction of sp³-hybridized carbons (Fsp3) is 0.500. The third kappa shape index (κ3) is 6.02. The maximum Gasteiger partial charge on any atom is 0.243 e. The molecule has 0 N–H and O–H groups in total. The maximum atomic E-state index is 13.3. The first-order chi connectivity index (χ1) is 16.7. The Morgan fingerprint density at radius 3 is 2.23 bits per heavy atom. The molecule has 2 aromatic rings. The average Bonchev–Trinajstić information content (AvgIpc) is 2.84. The first kappa shape index (κ1) is 25.6. The normalized spacial score (nSPS) is 19.5. The van der Waals surface area contributed by atoms with Gasteiger partial charge in [0.05, 0.1) is 11.5 Å². The second kappa shape index (κ2) is 10.6. The average molecular weight is 504 g/mol. The summed E-state index contributed by atoms with van der Waals surface area (Å²) in [5.74, 6) is 0.274. The Labute approximate surface area is 207 Å². The van der Waals surface area contributed by atoms with Gasteiger partial charge in [-0.15, -0.1) is 0 Å². The van der Waals surface area contributed by atoms with Gasteiger partial charge in [0.1, 0.15) is 11.6 Å². The number of rotatable bonds is 7. The molecule has 2 aromatic carbocycles. The summed E-state index contributed by atoms with van der Waals surface area (Å²) in [4.78, 5) is 17.7. The predicted octanol–water partition coefficient (Wildman–Crippen LogP) is 3.15. The van der Waals surface area contributed by atoms with Crippen molar-refractivity contribution < 1.29 is 22.3 Å². The van der Waals surface area contributed by atoms with Gasteiger partial charge in [-0.1, -0.05) is 18.2 Å². The van der Waals surface area contributed by atoms with Gasteiger partial charge < -0.3 is 14.5 Å². The Morgan fingerprint density at radius 2 is 1.60 bits per heavy atom. The molecule has 0 aromatic heterocycles. The van der Waals surface area contributed by atoms with Crippen LogP contribution in [0.1, 0.15) is 24.8 Å². The summed E-state index contributed by atoms with van der Waals surface area (Å²) in [7, 11) is -1.57. The van der Waals surface area contributed by atoms with Crippen molar-refractivity contribution in [2.24, 2.45) is 5.41 Å². The van der Waals surface area contributed by atoms with Crippen molar-refractivity contribution in [2.75, 3.05) is 52.9 Å². The largest absolute Gasteiger partial charge is 0.493 e. The molecule has 2 aliphatic heterocycles. The molecule has 0 unspecified atom stereocenters. The van der Waals surface area contributed by atoms with E-state index in [9.17, 15) is 17.6 Å². The zero-order chi connectivity index (χ0) is 25.1. The third-order valence-electron chi connectivity index (χ3n) is 7.24. The second-order valence-electron chi connectivity index (χ2n) is 9.77. The monoisotopic (exact) mass is 503 g/mol. The topological polar surface area (TPSA) is 70.2 Å². The number of amides is 1. The van der Waals surface area contributed by atoms with Crippen molar-refractivity contribution in [3.05, 3.63) is 59.9 Å². The van der Waals surface area contributed by atoms with E-state index in [4.69, 9.17) is 4.74 Å². The van der Waals surface area contributed by atoms with Crippen molar-refractivity contribution in [1.29, 1.82) is 0 Å². The fourth-order valence-corrected chi connectivity index (χ4v) is 6.48. The minimum Gasteiger partial charge on any atom is -0.493 e. The molecule has 0 spiro atoms. The maximum absolute atomic E-state index is 13.3. The summed E-state index contributed by atoms with van der Waals surface area (Å²) in [6, 6.07) is 12.8. The molecule has 7 nitrogen and oxygen atoms in total. The van der Waals surface area contributed by atoms with E-state index in [0.29, 0.717) is 61.6 Å². The number of likely N-dealkylation sites (N-methyl/N-ethyl adjacent to an activating group) is 1. The number of carbonyl (C=O) groups excluding carboxylic acids is 1. The Morgan fingerprint density at radius 1 is 0.971 bits per heavy atom. The van der Waals surface area contributed by atoms with Crippen LogP contribution in [0.3, 0.4) is 0 Å². The lowest BCUT2D eigenvalue weighted by atomic mass is 9.76. The molecular weight excluding hydrogens is 469 g/mol. The smallest absolute Gasteiger partial charge is 0.243 e. The molecule has 2 aliphatic rings. The molecule has 4 rings (SSSR count). The highest BCUT2D eigenvalue weighted by molar-refractivity contribution is 7.89. The summed E-state index contributed by atoms with van der Waals surface area (Å²) in [6.07, 6.45) is 1.33. The van der Waals surface area contributed by atoms with E-state index >= 15 is 0 Å². The van der Waals surface area contributed by atoms with Crippen LogP contribution in [0.25, 0.3) is 0 Å². The van der Waals surface area contributed by atoms with Gasteiger partial charge in [-0.25, -0.2) is 12.8 Å². The van der Waals surface area contributed by atoms with Crippen LogP contribution in [0.2, 0.25) is 0 Å². The molecule has 0 saturated carbocycles. The van der Waals surface area contributed by atoms with E-state index < -0.39 is 15.4 Å². The Bertz CT molecular complexity index is 1120. The zero-order valence-corrected chi connectivity index (χ0v) is 21.3. The van der Waals surface area contributed by atoms with Crippen molar-refractivity contribution in [3.8, 4) is 5.75 Å².